The Balaban J connectivity index is 2.25. The number of carbonyl (C=O) groups is 2. The van der Waals surface area contributed by atoms with Crippen LogP contribution in [0, 0.1) is 13.8 Å². The van der Waals surface area contributed by atoms with Gasteiger partial charge in [-0.1, -0.05) is 13.3 Å². The first-order valence-electron chi connectivity index (χ1n) is 6.84. The number of nitrogens with zero attached hydrogens (tertiary/aromatic N) is 2. The Kier molecular flexibility index (Phi) is 4.38. The van der Waals surface area contributed by atoms with E-state index < -0.39 is 0 Å². The molecule has 5 heteroatoms. The zero-order chi connectivity index (χ0) is 14.9. The molecule has 1 fully saturated rings. The summed E-state index contributed by atoms with van der Waals surface area (Å²) in [5.41, 5.74) is 3.24. The lowest BCUT2D eigenvalue weighted by Crippen LogP contribution is -2.29. The minimum atomic E-state index is -0.158. The molecule has 1 aliphatic rings. The van der Waals surface area contributed by atoms with E-state index in [1.54, 1.807) is 0 Å². The molecule has 1 aliphatic heterocycles. The fraction of sp³-hybridized carbons (Fsp3) is 0.467. The van der Waals surface area contributed by atoms with E-state index in [0.29, 0.717) is 11.4 Å². The first kappa shape index (κ1) is 14.9. The van der Waals surface area contributed by atoms with E-state index in [1.165, 1.54) is 4.90 Å². The summed E-state index contributed by atoms with van der Waals surface area (Å²) in [6.07, 6.45) is 3.66. The highest BCUT2D eigenvalue weighted by Gasteiger charge is 2.34. The van der Waals surface area contributed by atoms with Crippen molar-refractivity contribution in [1.82, 2.24) is 9.47 Å². The molecule has 1 aromatic heterocycles. The summed E-state index contributed by atoms with van der Waals surface area (Å²) in [7, 11) is 2.00. The highest BCUT2D eigenvalue weighted by atomic mass is 32.2. The van der Waals surface area contributed by atoms with Crippen LogP contribution < -0.4 is 0 Å². The number of thioether (sulfide) groups is 1. The Hall–Kier alpha value is -1.49. The van der Waals surface area contributed by atoms with E-state index in [2.05, 4.69) is 4.57 Å². The molecule has 108 valence electrons. The van der Waals surface area contributed by atoms with Crippen LogP contribution in [0.2, 0.25) is 0 Å². The minimum Gasteiger partial charge on any atom is -0.352 e. The Morgan fingerprint density at radius 3 is 2.55 bits per heavy atom. The SMILES string of the molecule is CCCCN1C(=O)SC(=Cc2cc(C)n(C)c2C)C1=O. The topological polar surface area (TPSA) is 42.3 Å². The van der Waals surface area contributed by atoms with Gasteiger partial charge in [0.15, 0.2) is 0 Å². The van der Waals surface area contributed by atoms with Crippen molar-refractivity contribution in [2.45, 2.75) is 33.6 Å². The molecule has 1 aromatic rings. The first-order valence-corrected chi connectivity index (χ1v) is 7.65. The smallest absolute Gasteiger partial charge is 0.293 e. The number of rotatable bonds is 4. The van der Waals surface area contributed by atoms with E-state index in [-0.39, 0.29) is 11.1 Å². The highest BCUT2D eigenvalue weighted by Crippen LogP contribution is 2.33. The lowest BCUT2D eigenvalue weighted by molar-refractivity contribution is -0.122. The molecule has 0 spiro atoms. The van der Waals surface area contributed by atoms with Gasteiger partial charge in [0.1, 0.15) is 0 Å². The number of aromatic nitrogens is 1. The van der Waals surface area contributed by atoms with E-state index in [0.717, 1.165) is 41.6 Å². The summed E-state index contributed by atoms with van der Waals surface area (Å²) in [6.45, 7) is 6.60. The monoisotopic (exact) mass is 292 g/mol. The van der Waals surface area contributed by atoms with Crippen molar-refractivity contribution < 1.29 is 9.59 Å². The summed E-state index contributed by atoms with van der Waals surface area (Å²) >= 11 is 1.04. The molecule has 4 nitrogen and oxygen atoms in total. The van der Waals surface area contributed by atoms with Crippen LogP contribution in [0.3, 0.4) is 0 Å². The van der Waals surface area contributed by atoms with Gasteiger partial charge in [0.25, 0.3) is 11.1 Å². The third kappa shape index (κ3) is 2.68. The molecule has 0 atom stereocenters. The van der Waals surface area contributed by atoms with Crippen molar-refractivity contribution in [3.63, 3.8) is 0 Å². The van der Waals surface area contributed by atoms with Crippen molar-refractivity contribution >= 4 is 29.0 Å². The molecule has 2 rings (SSSR count). The quantitative estimate of drug-likeness (QED) is 0.798. The second kappa shape index (κ2) is 5.87. The fourth-order valence-corrected chi connectivity index (χ4v) is 3.04. The van der Waals surface area contributed by atoms with Crippen molar-refractivity contribution in [2.24, 2.45) is 7.05 Å². The second-order valence-electron chi connectivity index (χ2n) is 5.07. The van der Waals surface area contributed by atoms with Crippen LogP contribution in [-0.2, 0) is 11.8 Å². The summed E-state index contributed by atoms with van der Waals surface area (Å²) in [5.74, 6) is -0.158. The Morgan fingerprint density at radius 2 is 2.00 bits per heavy atom. The van der Waals surface area contributed by atoms with Gasteiger partial charge < -0.3 is 4.57 Å². The first-order chi connectivity index (χ1) is 9.45. The van der Waals surface area contributed by atoms with Gasteiger partial charge in [0.2, 0.25) is 0 Å². The van der Waals surface area contributed by atoms with E-state index in [9.17, 15) is 9.59 Å². The normalized spacial score (nSPS) is 17.6. The van der Waals surface area contributed by atoms with E-state index in [4.69, 9.17) is 0 Å². The van der Waals surface area contributed by atoms with Crippen LogP contribution in [0.25, 0.3) is 6.08 Å². The molecule has 2 amide bonds. The third-order valence-corrected chi connectivity index (χ3v) is 4.62. The minimum absolute atomic E-state index is 0.153. The molecule has 0 saturated carbocycles. The van der Waals surface area contributed by atoms with Crippen molar-refractivity contribution in [1.29, 1.82) is 0 Å². The molecule has 0 bridgehead atoms. The largest absolute Gasteiger partial charge is 0.352 e. The lowest BCUT2D eigenvalue weighted by atomic mass is 10.2. The number of unbranched alkanes of at least 4 members (excludes halogenated alkanes) is 1. The lowest BCUT2D eigenvalue weighted by Gasteiger charge is -2.10. The van der Waals surface area contributed by atoms with Gasteiger partial charge >= 0.3 is 0 Å². The molecule has 2 heterocycles. The maximum atomic E-state index is 12.2. The Bertz CT molecular complexity index is 587. The highest BCUT2D eigenvalue weighted by molar-refractivity contribution is 8.18. The number of amides is 2. The van der Waals surface area contributed by atoms with Crippen molar-refractivity contribution in [3.8, 4) is 0 Å². The van der Waals surface area contributed by atoms with Crippen LogP contribution in [0.1, 0.15) is 36.7 Å². The second-order valence-corrected chi connectivity index (χ2v) is 6.07. The van der Waals surface area contributed by atoms with Crippen molar-refractivity contribution in [2.75, 3.05) is 6.54 Å². The van der Waals surface area contributed by atoms with Gasteiger partial charge in [-0.05, 0) is 49.7 Å². The number of imide groups is 1. The average Bonchev–Trinajstić information content (AvgIpc) is 2.81. The molecular weight excluding hydrogens is 272 g/mol. The predicted molar refractivity (Wildman–Crippen MR) is 82.5 cm³/mol. The molecule has 0 N–H and O–H groups in total. The van der Waals surface area contributed by atoms with Gasteiger partial charge in [0.05, 0.1) is 4.91 Å². The maximum absolute atomic E-state index is 12.2. The van der Waals surface area contributed by atoms with Gasteiger partial charge in [-0.2, -0.15) is 0 Å². The molecule has 0 aromatic carbocycles. The third-order valence-electron chi connectivity index (χ3n) is 3.71. The van der Waals surface area contributed by atoms with E-state index >= 15 is 0 Å². The Labute approximate surface area is 123 Å². The van der Waals surface area contributed by atoms with Gasteiger partial charge in [0, 0.05) is 25.0 Å². The molecule has 0 radical (unpaired) electrons. The number of carbonyl (C=O) groups excluding carboxylic acids is 2. The zero-order valence-electron chi connectivity index (χ0n) is 12.4. The van der Waals surface area contributed by atoms with Gasteiger partial charge in [-0.3, -0.25) is 14.5 Å². The average molecular weight is 292 g/mol. The summed E-state index contributed by atoms with van der Waals surface area (Å²) in [5, 5.41) is -0.153. The molecule has 1 saturated heterocycles. The maximum Gasteiger partial charge on any atom is 0.293 e. The molecule has 0 unspecified atom stereocenters. The van der Waals surface area contributed by atoms with Crippen LogP contribution in [-0.4, -0.2) is 27.2 Å². The fourth-order valence-electron chi connectivity index (χ4n) is 2.18. The number of hydrogen-bond donors (Lipinski definition) is 0. The van der Waals surface area contributed by atoms with Crippen molar-refractivity contribution in [3.05, 3.63) is 27.9 Å². The van der Waals surface area contributed by atoms with Crippen LogP contribution in [0.4, 0.5) is 4.79 Å². The van der Waals surface area contributed by atoms with E-state index in [1.807, 2.05) is 40.0 Å². The summed E-state index contributed by atoms with van der Waals surface area (Å²) in [4.78, 5) is 26.0. The summed E-state index contributed by atoms with van der Waals surface area (Å²) < 4.78 is 2.08. The predicted octanol–water partition coefficient (Wildman–Crippen LogP) is 3.48. The standard InChI is InChI=1S/C15H20N2O2S/c1-5-6-7-17-14(18)13(20-15(17)19)9-12-8-10(2)16(4)11(12)3/h8-9H,5-7H2,1-4H3. The zero-order valence-corrected chi connectivity index (χ0v) is 13.2. The summed E-state index contributed by atoms with van der Waals surface area (Å²) in [6, 6.07) is 2.04. The van der Waals surface area contributed by atoms with Crippen LogP contribution >= 0.6 is 11.8 Å². The van der Waals surface area contributed by atoms with Gasteiger partial charge in [-0.25, -0.2) is 0 Å². The molecule has 20 heavy (non-hydrogen) atoms. The van der Waals surface area contributed by atoms with Crippen LogP contribution in [0.5, 0.6) is 0 Å². The van der Waals surface area contributed by atoms with Gasteiger partial charge in [-0.15, -0.1) is 0 Å². The number of hydrogen-bond acceptors (Lipinski definition) is 3. The van der Waals surface area contributed by atoms with Crippen LogP contribution in [0.15, 0.2) is 11.0 Å². The number of aryl methyl sites for hydroxylation is 1. The molecular formula is C15H20N2O2S. The Morgan fingerprint density at radius 1 is 1.30 bits per heavy atom. The molecule has 0 aliphatic carbocycles.